The number of esters is 1. The Morgan fingerprint density at radius 1 is 1.50 bits per heavy atom. The maximum absolute atomic E-state index is 12.0. The van der Waals surface area contributed by atoms with E-state index in [1.54, 1.807) is 10.7 Å². The highest BCUT2D eigenvalue weighted by Crippen LogP contribution is 2.18. The van der Waals surface area contributed by atoms with Crippen molar-refractivity contribution in [2.45, 2.75) is 31.7 Å². The highest BCUT2D eigenvalue weighted by atomic mass is 79.9. The minimum Gasteiger partial charge on any atom is -0.456 e. The SMILES string of the molecule is CC(C)(C)OC(=O)c1cnn2ccc(CBr)cc12. The number of carbonyl (C=O) groups excluding carboxylic acids is 1. The van der Waals surface area contributed by atoms with Gasteiger partial charge in [0.1, 0.15) is 11.2 Å². The summed E-state index contributed by atoms with van der Waals surface area (Å²) in [6, 6.07) is 3.88. The minimum atomic E-state index is -0.502. The molecule has 96 valence electrons. The first-order valence-electron chi connectivity index (χ1n) is 5.66. The summed E-state index contributed by atoms with van der Waals surface area (Å²) in [5, 5.41) is 4.88. The third-order valence-corrected chi connectivity index (χ3v) is 3.01. The van der Waals surface area contributed by atoms with E-state index in [2.05, 4.69) is 21.0 Å². The number of fused-ring (bicyclic) bond motifs is 1. The lowest BCUT2D eigenvalue weighted by molar-refractivity contribution is 0.00718. The van der Waals surface area contributed by atoms with Crippen molar-refractivity contribution in [1.29, 1.82) is 0 Å². The van der Waals surface area contributed by atoms with E-state index in [1.165, 1.54) is 0 Å². The fraction of sp³-hybridized carbons (Fsp3) is 0.385. The summed E-state index contributed by atoms with van der Waals surface area (Å²) in [5.41, 5.74) is 1.85. The molecule has 0 N–H and O–H groups in total. The zero-order chi connectivity index (χ0) is 13.3. The second-order valence-electron chi connectivity index (χ2n) is 5.06. The molecule has 0 aliphatic rings. The number of rotatable bonds is 2. The maximum atomic E-state index is 12.0. The van der Waals surface area contributed by atoms with Gasteiger partial charge in [-0.3, -0.25) is 0 Å². The molecule has 18 heavy (non-hydrogen) atoms. The third-order valence-electron chi connectivity index (χ3n) is 2.36. The van der Waals surface area contributed by atoms with Crippen molar-refractivity contribution in [3.8, 4) is 0 Å². The quantitative estimate of drug-likeness (QED) is 0.632. The van der Waals surface area contributed by atoms with Crippen molar-refractivity contribution in [3.63, 3.8) is 0 Å². The average Bonchev–Trinajstić information content (AvgIpc) is 2.69. The van der Waals surface area contributed by atoms with Gasteiger partial charge in [-0.25, -0.2) is 9.31 Å². The fourth-order valence-electron chi connectivity index (χ4n) is 1.60. The van der Waals surface area contributed by atoms with Crippen LogP contribution in [0.1, 0.15) is 36.7 Å². The zero-order valence-electron chi connectivity index (χ0n) is 10.6. The van der Waals surface area contributed by atoms with E-state index in [-0.39, 0.29) is 5.97 Å². The van der Waals surface area contributed by atoms with Gasteiger partial charge >= 0.3 is 5.97 Å². The van der Waals surface area contributed by atoms with Gasteiger partial charge in [0.25, 0.3) is 0 Å². The topological polar surface area (TPSA) is 43.6 Å². The van der Waals surface area contributed by atoms with E-state index in [1.807, 2.05) is 39.1 Å². The summed E-state index contributed by atoms with van der Waals surface area (Å²) in [6.07, 6.45) is 3.38. The molecular weight excluding hydrogens is 296 g/mol. The summed E-state index contributed by atoms with van der Waals surface area (Å²) in [4.78, 5) is 12.0. The molecule has 0 saturated carbocycles. The Morgan fingerprint density at radius 2 is 2.22 bits per heavy atom. The van der Waals surface area contributed by atoms with Crippen LogP contribution in [0.25, 0.3) is 5.52 Å². The summed E-state index contributed by atoms with van der Waals surface area (Å²) in [6.45, 7) is 5.54. The number of carbonyl (C=O) groups is 1. The van der Waals surface area contributed by atoms with Crippen molar-refractivity contribution in [1.82, 2.24) is 9.61 Å². The minimum absolute atomic E-state index is 0.343. The first kappa shape index (κ1) is 13.1. The van der Waals surface area contributed by atoms with E-state index in [9.17, 15) is 4.79 Å². The van der Waals surface area contributed by atoms with Crippen LogP contribution in [-0.4, -0.2) is 21.2 Å². The Kier molecular flexibility index (Phi) is 3.43. The van der Waals surface area contributed by atoms with E-state index in [0.717, 1.165) is 16.4 Å². The van der Waals surface area contributed by atoms with Crippen LogP contribution in [0.4, 0.5) is 0 Å². The van der Waals surface area contributed by atoms with E-state index in [4.69, 9.17) is 4.74 Å². The van der Waals surface area contributed by atoms with Crippen LogP contribution in [0, 0.1) is 0 Å². The number of nitrogens with zero attached hydrogens (tertiary/aromatic N) is 2. The highest BCUT2D eigenvalue weighted by Gasteiger charge is 2.21. The molecule has 2 heterocycles. The van der Waals surface area contributed by atoms with Crippen molar-refractivity contribution >= 4 is 27.4 Å². The molecule has 0 aliphatic heterocycles. The number of alkyl halides is 1. The summed E-state index contributed by atoms with van der Waals surface area (Å²) in [5.74, 6) is -0.343. The first-order valence-corrected chi connectivity index (χ1v) is 6.78. The van der Waals surface area contributed by atoms with Gasteiger partial charge in [0, 0.05) is 11.5 Å². The van der Waals surface area contributed by atoms with Crippen LogP contribution in [0.15, 0.2) is 24.5 Å². The van der Waals surface area contributed by atoms with Crippen LogP contribution in [-0.2, 0) is 10.1 Å². The van der Waals surface area contributed by atoms with Gasteiger partial charge in [-0.1, -0.05) is 15.9 Å². The molecule has 0 aromatic carbocycles. The molecule has 0 bridgehead atoms. The Balaban J connectivity index is 2.42. The lowest BCUT2D eigenvalue weighted by atomic mass is 10.2. The second-order valence-corrected chi connectivity index (χ2v) is 5.62. The molecule has 0 spiro atoms. The number of hydrogen-bond donors (Lipinski definition) is 0. The standard InChI is InChI=1S/C13H15BrN2O2/c1-13(2,3)18-12(17)10-8-15-16-5-4-9(7-14)6-11(10)16/h4-6,8H,7H2,1-3H3. The number of halogens is 1. The molecule has 0 aliphatic carbocycles. The number of pyridine rings is 1. The molecule has 2 rings (SSSR count). The monoisotopic (exact) mass is 310 g/mol. The Labute approximate surface area is 114 Å². The predicted molar refractivity (Wildman–Crippen MR) is 73.0 cm³/mol. The van der Waals surface area contributed by atoms with Gasteiger partial charge in [0.15, 0.2) is 0 Å². The van der Waals surface area contributed by atoms with Gasteiger partial charge in [-0.2, -0.15) is 5.10 Å². The Bertz CT molecular complexity index is 584. The number of ether oxygens (including phenoxy) is 1. The molecule has 0 fully saturated rings. The molecule has 2 aromatic rings. The smallest absolute Gasteiger partial charge is 0.342 e. The van der Waals surface area contributed by atoms with Crippen LogP contribution in [0.3, 0.4) is 0 Å². The van der Waals surface area contributed by atoms with Gasteiger partial charge in [-0.05, 0) is 38.5 Å². The summed E-state index contributed by atoms with van der Waals surface area (Å²) < 4.78 is 7.03. The molecular formula is C13H15BrN2O2. The third kappa shape index (κ3) is 2.72. The van der Waals surface area contributed by atoms with Crippen molar-refractivity contribution in [3.05, 3.63) is 35.7 Å². The molecule has 2 aromatic heterocycles. The molecule has 0 saturated heterocycles. The van der Waals surface area contributed by atoms with Gasteiger partial charge in [0.2, 0.25) is 0 Å². The largest absolute Gasteiger partial charge is 0.456 e. The molecule has 0 atom stereocenters. The lowest BCUT2D eigenvalue weighted by Crippen LogP contribution is -2.23. The van der Waals surface area contributed by atoms with Crippen molar-refractivity contribution in [2.75, 3.05) is 0 Å². The predicted octanol–water partition coefficient (Wildman–Crippen LogP) is 3.18. The Morgan fingerprint density at radius 3 is 2.83 bits per heavy atom. The van der Waals surface area contributed by atoms with Crippen LogP contribution in [0.5, 0.6) is 0 Å². The second kappa shape index (κ2) is 4.72. The zero-order valence-corrected chi connectivity index (χ0v) is 12.2. The van der Waals surface area contributed by atoms with Crippen LogP contribution >= 0.6 is 15.9 Å². The summed E-state index contributed by atoms with van der Waals surface area (Å²) >= 11 is 3.40. The summed E-state index contributed by atoms with van der Waals surface area (Å²) in [7, 11) is 0. The van der Waals surface area contributed by atoms with Crippen molar-refractivity contribution in [2.24, 2.45) is 0 Å². The van der Waals surface area contributed by atoms with Gasteiger partial charge in [-0.15, -0.1) is 0 Å². The highest BCUT2D eigenvalue weighted by molar-refractivity contribution is 9.08. The Hall–Kier alpha value is -1.36. The molecule has 0 amide bonds. The van der Waals surface area contributed by atoms with E-state index >= 15 is 0 Å². The maximum Gasteiger partial charge on any atom is 0.342 e. The number of hydrogen-bond acceptors (Lipinski definition) is 3. The van der Waals surface area contributed by atoms with Gasteiger partial charge in [0.05, 0.1) is 11.7 Å². The number of aromatic nitrogens is 2. The van der Waals surface area contributed by atoms with Crippen LogP contribution in [0.2, 0.25) is 0 Å². The molecule has 0 unspecified atom stereocenters. The van der Waals surface area contributed by atoms with E-state index < -0.39 is 5.60 Å². The molecule has 5 heteroatoms. The lowest BCUT2D eigenvalue weighted by Gasteiger charge is -2.18. The molecule has 0 radical (unpaired) electrons. The average molecular weight is 311 g/mol. The van der Waals surface area contributed by atoms with E-state index in [0.29, 0.717) is 5.56 Å². The van der Waals surface area contributed by atoms with Crippen LogP contribution < -0.4 is 0 Å². The molecule has 4 nitrogen and oxygen atoms in total. The normalized spacial score (nSPS) is 11.8. The van der Waals surface area contributed by atoms with Gasteiger partial charge < -0.3 is 4.74 Å². The van der Waals surface area contributed by atoms with Crippen molar-refractivity contribution < 1.29 is 9.53 Å². The fourth-order valence-corrected chi connectivity index (χ4v) is 1.95. The first-order chi connectivity index (χ1) is 8.40.